The summed E-state index contributed by atoms with van der Waals surface area (Å²) in [6.45, 7) is 1.64. The Balaban J connectivity index is 0.000000447. The number of rotatable bonds is 6. The van der Waals surface area contributed by atoms with Crippen molar-refractivity contribution in [1.82, 2.24) is 0 Å². The van der Waals surface area contributed by atoms with E-state index in [9.17, 15) is 36.3 Å². The lowest BCUT2D eigenvalue weighted by molar-refractivity contribution is -0.528. The molecule has 0 spiro atoms. The molecule has 0 saturated carbocycles. The first kappa shape index (κ1) is 24.1. The minimum absolute atomic E-state index is 0.0599. The number of carbonyl (C=O) groups excluding carboxylic acids is 1. The lowest BCUT2D eigenvalue weighted by Gasteiger charge is -2.13. The van der Waals surface area contributed by atoms with Gasteiger partial charge in [-0.1, -0.05) is 0 Å². The highest BCUT2D eigenvalue weighted by Crippen LogP contribution is 2.33. The van der Waals surface area contributed by atoms with Crippen molar-refractivity contribution in [2.45, 2.75) is 11.1 Å². The monoisotopic (exact) mass is 437 g/mol. The van der Waals surface area contributed by atoms with Crippen LogP contribution in [0.25, 0.3) is 0 Å². The van der Waals surface area contributed by atoms with E-state index in [4.69, 9.17) is 5.11 Å². The summed E-state index contributed by atoms with van der Waals surface area (Å²) < 4.78 is 61.5. The molecule has 1 aromatic rings. The minimum Gasteiger partial charge on any atom is -0.545 e. The van der Waals surface area contributed by atoms with Gasteiger partial charge in [-0.15, -0.1) is 0 Å². The number of aliphatic carboxylic acids is 2. The highest BCUT2D eigenvalue weighted by molar-refractivity contribution is 7.90. The molecule has 160 valence electrons. The van der Waals surface area contributed by atoms with E-state index >= 15 is 0 Å². The maximum absolute atomic E-state index is 12.7. The lowest BCUT2D eigenvalue weighted by Crippen LogP contribution is -2.87. The Kier molecular flexibility index (Phi) is 8.33. The van der Waals surface area contributed by atoms with E-state index in [1.807, 2.05) is 5.32 Å². The first-order chi connectivity index (χ1) is 13.3. The Bertz CT molecular complexity index is 910. The highest BCUT2D eigenvalue weighted by atomic mass is 32.2. The van der Waals surface area contributed by atoms with Gasteiger partial charge < -0.3 is 20.3 Å². The lowest BCUT2D eigenvalue weighted by atomic mass is 10.2. The smallest absolute Gasteiger partial charge is 0.416 e. The summed E-state index contributed by atoms with van der Waals surface area (Å²) in [6, 6.07) is 2.55. The van der Waals surface area contributed by atoms with Crippen molar-refractivity contribution in [3.63, 3.8) is 0 Å². The standard InChI is InChI=1S/C12H14F3N3O2S.C4H4O4/c1-21(19,20)10-3-2-8(12(13,14)15)6-9(10)18-7-11-16-4-5-17-11;5-3(6)1-2-4(7)8/h2-3,6,18H,4-5,7H2,1H3,(H,16,17);1-2H,(H,5,6)(H,7,8)/b;2-1+. The number of alkyl halides is 3. The van der Waals surface area contributed by atoms with Crippen LogP contribution in [0.1, 0.15) is 5.56 Å². The minimum atomic E-state index is -4.52. The third-order valence-electron chi connectivity index (χ3n) is 3.35. The Morgan fingerprint density at radius 1 is 1.34 bits per heavy atom. The van der Waals surface area contributed by atoms with Crippen LogP contribution in [0.3, 0.4) is 0 Å². The predicted molar refractivity (Wildman–Crippen MR) is 93.9 cm³/mol. The summed E-state index contributed by atoms with van der Waals surface area (Å²) in [5.74, 6) is -2.09. The molecule has 0 fully saturated rings. The summed E-state index contributed by atoms with van der Waals surface area (Å²) in [7, 11) is -3.62. The molecule has 0 atom stereocenters. The fourth-order valence-corrected chi connectivity index (χ4v) is 2.97. The van der Waals surface area contributed by atoms with Crippen LogP contribution in [-0.2, 0) is 25.6 Å². The van der Waals surface area contributed by atoms with Crippen molar-refractivity contribution >= 4 is 33.3 Å². The zero-order valence-corrected chi connectivity index (χ0v) is 15.9. The number of nitrogens with zero attached hydrogens (tertiary/aromatic N) is 1. The molecular weight excluding hydrogens is 419 g/mol. The molecule has 0 radical (unpaired) electrons. The zero-order valence-electron chi connectivity index (χ0n) is 15.1. The molecule has 0 saturated heterocycles. The second-order valence-corrected chi connectivity index (χ2v) is 7.68. The first-order valence-electron chi connectivity index (χ1n) is 7.94. The number of aliphatic imine (C=N–C) groups is 1. The number of carbonyl (C=O) groups is 2. The van der Waals surface area contributed by atoms with Crippen LogP contribution in [0.15, 0.2) is 40.2 Å². The number of amidine groups is 1. The molecule has 0 aliphatic carbocycles. The van der Waals surface area contributed by atoms with Gasteiger partial charge in [0.05, 0.1) is 28.7 Å². The average Bonchev–Trinajstić information content (AvgIpc) is 3.10. The first-order valence-corrected chi connectivity index (χ1v) is 9.83. The van der Waals surface area contributed by atoms with Crippen molar-refractivity contribution < 1.29 is 46.7 Å². The van der Waals surface area contributed by atoms with Gasteiger partial charge in [0.15, 0.2) is 9.84 Å². The number of quaternary nitrogens is 1. The number of carboxylic acids is 2. The number of halogens is 3. The van der Waals surface area contributed by atoms with Gasteiger partial charge in [0.1, 0.15) is 13.1 Å². The van der Waals surface area contributed by atoms with Gasteiger partial charge in [0.25, 0.3) is 0 Å². The van der Waals surface area contributed by atoms with Gasteiger partial charge in [0, 0.05) is 12.3 Å². The molecular formula is C16H18F3N3O6S. The third-order valence-corrected chi connectivity index (χ3v) is 4.51. The van der Waals surface area contributed by atoms with Crippen molar-refractivity contribution in [3.05, 3.63) is 35.9 Å². The highest BCUT2D eigenvalue weighted by Gasteiger charge is 2.32. The fraction of sp³-hybridized carbons (Fsp3) is 0.312. The number of hydrogen-bond acceptors (Lipinski definition) is 7. The normalized spacial score (nSPS) is 14.1. The number of nitrogens with one attached hydrogen (secondary N) is 1. The largest absolute Gasteiger partial charge is 0.545 e. The molecule has 0 unspecified atom stereocenters. The van der Waals surface area contributed by atoms with E-state index < -0.39 is 33.5 Å². The molecule has 0 bridgehead atoms. The Morgan fingerprint density at radius 2 is 2.00 bits per heavy atom. The molecule has 1 aliphatic rings. The van der Waals surface area contributed by atoms with Crippen LogP contribution in [-0.4, -0.2) is 57.2 Å². The average molecular weight is 437 g/mol. The van der Waals surface area contributed by atoms with E-state index in [1.165, 1.54) is 0 Å². The number of anilines is 1. The van der Waals surface area contributed by atoms with Gasteiger partial charge in [-0.3, -0.25) is 5.32 Å². The predicted octanol–water partition coefficient (Wildman–Crippen LogP) is -1.13. The third kappa shape index (κ3) is 8.74. The number of nitrogens with two attached hydrogens (primary N) is 1. The molecule has 9 nitrogen and oxygen atoms in total. The number of benzene rings is 1. The van der Waals surface area contributed by atoms with Crippen LogP contribution in [0.5, 0.6) is 0 Å². The summed E-state index contributed by atoms with van der Waals surface area (Å²) in [6.07, 6.45) is -2.62. The quantitative estimate of drug-likeness (QED) is 0.476. The van der Waals surface area contributed by atoms with Gasteiger partial charge in [-0.2, -0.15) is 13.2 Å². The summed E-state index contributed by atoms with van der Waals surface area (Å²) >= 11 is 0. The molecule has 1 heterocycles. The van der Waals surface area contributed by atoms with E-state index in [2.05, 4.69) is 10.3 Å². The van der Waals surface area contributed by atoms with Crippen LogP contribution in [0.2, 0.25) is 0 Å². The number of sulfone groups is 1. The van der Waals surface area contributed by atoms with Crippen LogP contribution >= 0.6 is 0 Å². The zero-order chi connectivity index (χ0) is 22.2. The fourth-order valence-electron chi connectivity index (χ4n) is 2.12. The van der Waals surface area contributed by atoms with Crippen molar-refractivity contribution in [3.8, 4) is 0 Å². The summed E-state index contributed by atoms with van der Waals surface area (Å²) in [5, 5.41) is 21.8. The maximum Gasteiger partial charge on any atom is 0.416 e. The Morgan fingerprint density at radius 3 is 2.41 bits per heavy atom. The molecule has 1 aromatic carbocycles. The molecule has 13 heteroatoms. The molecule has 4 N–H and O–H groups in total. The van der Waals surface area contributed by atoms with Crippen LogP contribution < -0.4 is 15.7 Å². The SMILES string of the molecule is CS(=O)(=O)c1ccc(C(F)(F)F)cc1NCC1=NCC[NH2+]1.O=C([O-])/C=C/C(=O)O. The topological polar surface area (TPSA) is 153 Å². The molecule has 29 heavy (non-hydrogen) atoms. The van der Waals surface area contributed by atoms with Crippen molar-refractivity contribution in [2.75, 3.05) is 31.2 Å². The van der Waals surface area contributed by atoms with Gasteiger partial charge in [-0.25, -0.2) is 18.2 Å². The second kappa shape index (κ2) is 10.0. The molecule has 1 aliphatic heterocycles. The summed E-state index contributed by atoms with van der Waals surface area (Å²) in [4.78, 5) is 23.0. The number of carboxylic acid groups (broad SMARTS) is 2. The van der Waals surface area contributed by atoms with E-state index in [1.54, 1.807) is 0 Å². The van der Waals surface area contributed by atoms with E-state index in [0.717, 1.165) is 31.0 Å². The molecule has 0 aromatic heterocycles. The van der Waals surface area contributed by atoms with Gasteiger partial charge in [-0.05, 0) is 24.3 Å². The van der Waals surface area contributed by atoms with Crippen molar-refractivity contribution in [1.29, 1.82) is 0 Å². The maximum atomic E-state index is 12.7. The Labute approximate surface area is 163 Å². The molecule has 2 rings (SSSR count). The second-order valence-electron chi connectivity index (χ2n) is 5.69. The van der Waals surface area contributed by atoms with Gasteiger partial charge in [0.2, 0.25) is 5.84 Å². The number of hydrogen-bond donors (Lipinski definition) is 3. The van der Waals surface area contributed by atoms with E-state index in [-0.39, 0.29) is 17.1 Å². The Hall–Kier alpha value is -2.93. The van der Waals surface area contributed by atoms with Crippen molar-refractivity contribution in [2.24, 2.45) is 4.99 Å². The molecule has 0 amide bonds. The van der Waals surface area contributed by atoms with Gasteiger partial charge >= 0.3 is 12.1 Å². The summed E-state index contributed by atoms with van der Waals surface area (Å²) in [5.41, 5.74) is -0.954. The van der Waals surface area contributed by atoms with Crippen LogP contribution in [0, 0.1) is 0 Å². The van der Waals surface area contributed by atoms with E-state index in [0.29, 0.717) is 24.5 Å². The van der Waals surface area contributed by atoms with Crippen LogP contribution in [0.4, 0.5) is 18.9 Å².